The average molecular weight is 441 g/mol. The molecule has 1 saturated heterocycles. The van der Waals surface area contributed by atoms with Crippen LogP contribution in [0.1, 0.15) is 11.6 Å². The second kappa shape index (κ2) is 6.98. The number of halogens is 5. The Labute approximate surface area is 171 Å². The molecule has 0 bridgehead atoms. The van der Waals surface area contributed by atoms with Gasteiger partial charge < -0.3 is 4.90 Å². The molecule has 2 aromatic heterocycles. The van der Waals surface area contributed by atoms with Gasteiger partial charge in [-0.05, 0) is 30.3 Å². The van der Waals surface area contributed by atoms with Gasteiger partial charge in [-0.1, -0.05) is 18.2 Å². The van der Waals surface area contributed by atoms with Crippen LogP contribution in [0.5, 0.6) is 0 Å². The van der Waals surface area contributed by atoms with Gasteiger partial charge in [-0.3, -0.25) is 13.9 Å². The largest absolute Gasteiger partial charge is 0.416 e. The van der Waals surface area contributed by atoms with Crippen LogP contribution in [0.2, 0.25) is 5.02 Å². The summed E-state index contributed by atoms with van der Waals surface area (Å²) in [5.74, 6) is -1.96. The molecule has 0 saturated carbocycles. The summed E-state index contributed by atoms with van der Waals surface area (Å²) in [6, 6.07) is 5.11. The Morgan fingerprint density at radius 1 is 1.20 bits per heavy atom. The summed E-state index contributed by atoms with van der Waals surface area (Å²) in [5.41, 5.74) is -0.660. The van der Waals surface area contributed by atoms with E-state index < -0.39 is 35.2 Å². The molecule has 4 rings (SSSR count). The van der Waals surface area contributed by atoms with Crippen LogP contribution in [-0.4, -0.2) is 38.0 Å². The van der Waals surface area contributed by atoms with Crippen molar-refractivity contribution < 1.29 is 22.4 Å². The smallest absolute Gasteiger partial charge is 0.332 e. The number of benzene rings is 1. The number of rotatable bonds is 3. The van der Waals surface area contributed by atoms with Crippen molar-refractivity contribution in [1.29, 1.82) is 0 Å². The molecule has 0 radical (unpaired) electrons. The van der Waals surface area contributed by atoms with Crippen molar-refractivity contribution in [2.24, 2.45) is 0 Å². The minimum absolute atomic E-state index is 0.0676. The van der Waals surface area contributed by atoms with Crippen molar-refractivity contribution in [3.05, 3.63) is 70.0 Å². The van der Waals surface area contributed by atoms with Crippen molar-refractivity contribution in [1.82, 2.24) is 19.0 Å². The zero-order valence-electron chi connectivity index (χ0n) is 15.2. The number of likely N-dealkylation sites (tertiary alicyclic amines) is 1. The number of hydrogen-bond donors (Lipinski definition) is 0. The third-order valence-electron chi connectivity index (χ3n) is 4.88. The van der Waals surface area contributed by atoms with Crippen molar-refractivity contribution in [3.63, 3.8) is 0 Å². The van der Waals surface area contributed by atoms with E-state index >= 15 is 0 Å². The molecule has 1 aliphatic heterocycles. The highest BCUT2D eigenvalue weighted by molar-refractivity contribution is 6.31. The lowest BCUT2D eigenvalue weighted by Gasteiger charge is -2.38. The van der Waals surface area contributed by atoms with Crippen LogP contribution in [0.3, 0.4) is 0 Å². The average Bonchev–Trinajstić information content (AvgIpc) is 2.91. The summed E-state index contributed by atoms with van der Waals surface area (Å²) in [6.07, 6.45) is -3.17. The Kier molecular flexibility index (Phi) is 4.69. The zero-order valence-corrected chi connectivity index (χ0v) is 15.9. The van der Waals surface area contributed by atoms with Gasteiger partial charge in [-0.25, -0.2) is 14.2 Å². The van der Waals surface area contributed by atoms with Gasteiger partial charge in [0, 0.05) is 19.3 Å². The number of hydrogen-bond acceptors (Lipinski definition) is 3. The normalized spacial score (nSPS) is 14.8. The van der Waals surface area contributed by atoms with Gasteiger partial charge >= 0.3 is 11.9 Å². The summed E-state index contributed by atoms with van der Waals surface area (Å²) >= 11 is 6.01. The topological polar surface area (TPSA) is 60.1 Å². The molecule has 1 aliphatic rings. The maximum Gasteiger partial charge on any atom is 0.416 e. The van der Waals surface area contributed by atoms with Crippen molar-refractivity contribution in [2.75, 3.05) is 13.1 Å². The Hall–Kier alpha value is -3.14. The second-order valence-corrected chi connectivity index (χ2v) is 7.23. The minimum atomic E-state index is -4.51. The van der Waals surface area contributed by atoms with Crippen LogP contribution in [-0.2, 0) is 11.0 Å². The maximum absolute atomic E-state index is 13.2. The number of nitrogens with zero attached hydrogens (tertiary/aromatic N) is 4. The number of aromatic nitrogens is 3. The number of fused-ring (bicyclic) bond motifs is 1. The van der Waals surface area contributed by atoms with Gasteiger partial charge in [0.05, 0.1) is 27.8 Å². The number of carbonyl (C=O) groups is 1. The van der Waals surface area contributed by atoms with E-state index in [1.54, 1.807) is 0 Å². The minimum Gasteiger partial charge on any atom is -0.332 e. The lowest BCUT2D eigenvalue weighted by Crippen LogP contribution is -2.52. The van der Waals surface area contributed by atoms with Gasteiger partial charge in [0.1, 0.15) is 0 Å². The van der Waals surface area contributed by atoms with Crippen LogP contribution in [0, 0.1) is 0 Å². The molecule has 6 nitrogen and oxygen atoms in total. The highest BCUT2D eigenvalue weighted by Gasteiger charge is 2.36. The molecule has 11 heteroatoms. The molecule has 0 atom stereocenters. The molecule has 0 N–H and O–H groups in total. The Morgan fingerprint density at radius 3 is 2.40 bits per heavy atom. The Morgan fingerprint density at radius 2 is 1.83 bits per heavy atom. The summed E-state index contributed by atoms with van der Waals surface area (Å²) in [5, 5.41) is 0.236. The third-order valence-corrected chi connectivity index (χ3v) is 5.09. The maximum atomic E-state index is 13.2. The van der Waals surface area contributed by atoms with Gasteiger partial charge in [-0.15, -0.1) is 0 Å². The highest BCUT2D eigenvalue weighted by atomic mass is 35.5. The van der Waals surface area contributed by atoms with Crippen LogP contribution >= 0.6 is 11.6 Å². The predicted molar refractivity (Wildman–Crippen MR) is 101 cm³/mol. The van der Waals surface area contributed by atoms with Crippen molar-refractivity contribution >= 4 is 28.7 Å². The molecule has 1 aromatic carbocycles. The first-order valence-electron chi connectivity index (χ1n) is 8.67. The number of imidazole rings is 1. The summed E-state index contributed by atoms with van der Waals surface area (Å²) < 4.78 is 54.2. The van der Waals surface area contributed by atoms with Crippen LogP contribution in [0.25, 0.3) is 16.9 Å². The Balaban J connectivity index is 1.80. The van der Waals surface area contributed by atoms with E-state index in [1.807, 2.05) is 0 Å². The molecule has 0 unspecified atom stereocenters. The molecule has 30 heavy (non-hydrogen) atoms. The monoisotopic (exact) mass is 440 g/mol. The summed E-state index contributed by atoms with van der Waals surface area (Å²) in [7, 11) is 0. The molecule has 0 aliphatic carbocycles. The number of alkyl halides is 3. The fourth-order valence-electron chi connectivity index (χ4n) is 3.41. The van der Waals surface area contributed by atoms with Crippen molar-refractivity contribution in [3.8, 4) is 5.69 Å². The van der Waals surface area contributed by atoms with E-state index in [4.69, 9.17) is 11.6 Å². The van der Waals surface area contributed by atoms with E-state index in [2.05, 4.69) is 11.6 Å². The Bertz CT molecular complexity index is 1220. The standard InChI is InChI=1S/C19H13ClF4N4O2/c1-10(21)17(29)26-8-14(9-26)28-16-15(6-12(20)7-25-16)27(18(28)30)13-4-2-11(3-5-13)19(22,23)24/h2-7,14H,1,8-9H2. The van der Waals surface area contributed by atoms with Crippen LogP contribution in [0.4, 0.5) is 17.6 Å². The highest BCUT2D eigenvalue weighted by Crippen LogP contribution is 2.31. The van der Waals surface area contributed by atoms with E-state index in [9.17, 15) is 27.2 Å². The molecule has 3 aromatic rings. The molecule has 3 heterocycles. The SMILES string of the molecule is C=C(F)C(=O)N1CC(n2c(=O)n(-c3ccc(C(F)(F)F)cc3)c3cc(Cl)cnc32)C1. The lowest BCUT2D eigenvalue weighted by molar-refractivity contribution is -0.137. The van der Waals surface area contributed by atoms with Gasteiger partial charge in [-0.2, -0.15) is 13.2 Å². The van der Waals surface area contributed by atoms with E-state index in [0.29, 0.717) is 5.52 Å². The first-order valence-corrected chi connectivity index (χ1v) is 9.05. The molecule has 156 valence electrons. The molecule has 1 fully saturated rings. The number of pyridine rings is 1. The predicted octanol–water partition coefficient (Wildman–Crippen LogP) is 3.73. The summed E-state index contributed by atoms with van der Waals surface area (Å²) in [4.78, 5) is 30.2. The number of carbonyl (C=O) groups excluding carboxylic acids is 1. The van der Waals surface area contributed by atoms with Gasteiger partial charge in [0.25, 0.3) is 5.91 Å². The van der Waals surface area contributed by atoms with E-state index in [-0.39, 0.29) is 29.4 Å². The summed E-state index contributed by atoms with van der Waals surface area (Å²) in [6.45, 7) is 3.10. The van der Waals surface area contributed by atoms with E-state index in [1.165, 1.54) is 38.4 Å². The quantitative estimate of drug-likeness (QED) is 0.460. The van der Waals surface area contributed by atoms with E-state index in [0.717, 1.165) is 12.1 Å². The fourth-order valence-corrected chi connectivity index (χ4v) is 3.56. The van der Waals surface area contributed by atoms with Gasteiger partial charge in [0.2, 0.25) is 0 Å². The first-order chi connectivity index (χ1) is 14.1. The number of amides is 1. The van der Waals surface area contributed by atoms with Crippen molar-refractivity contribution in [2.45, 2.75) is 12.2 Å². The molecule has 0 spiro atoms. The second-order valence-electron chi connectivity index (χ2n) is 6.80. The first kappa shape index (κ1) is 20.1. The van der Waals surface area contributed by atoms with Crippen LogP contribution in [0.15, 0.2) is 53.7 Å². The third kappa shape index (κ3) is 3.26. The van der Waals surface area contributed by atoms with Gasteiger partial charge in [0.15, 0.2) is 11.5 Å². The molecule has 1 amide bonds. The zero-order chi connectivity index (χ0) is 21.8. The molecular weight excluding hydrogens is 428 g/mol. The molecular formula is C19H13ClF4N4O2. The lowest BCUT2D eigenvalue weighted by atomic mass is 10.1. The van der Waals surface area contributed by atoms with Crippen LogP contribution < -0.4 is 5.69 Å². The fraction of sp³-hybridized carbons (Fsp3) is 0.211.